The molecular weight excluding hydrogens is 344 g/mol. The van der Waals surface area contributed by atoms with E-state index in [0.717, 1.165) is 30.7 Å². The third-order valence-electron chi connectivity index (χ3n) is 4.90. The summed E-state index contributed by atoms with van der Waals surface area (Å²) in [5.41, 5.74) is 13.7. The lowest BCUT2D eigenvalue weighted by molar-refractivity contribution is -0.894. The normalized spacial score (nSPS) is 21.5. The van der Waals surface area contributed by atoms with Crippen LogP contribution in [0.1, 0.15) is 0 Å². The molecule has 140 valence electrons. The van der Waals surface area contributed by atoms with Crippen molar-refractivity contribution in [3.8, 4) is 0 Å². The van der Waals surface area contributed by atoms with Crippen LogP contribution >= 0.6 is 0 Å². The molecule has 0 unspecified atom stereocenters. The van der Waals surface area contributed by atoms with Crippen LogP contribution in [0.2, 0.25) is 0 Å². The molecule has 1 fully saturated rings. The first-order valence-electron chi connectivity index (χ1n) is 8.73. The van der Waals surface area contributed by atoms with E-state index in [1.165, 1.54) is 4.52 Å². The van der Waals surface area contributed by atoms with Crippen molar-refractivity contribution in [2.45, 2.75) is 0 Å². The van der Waals surface area contributed by atoms with Crippen LogP contribution in [0, 0.1) is 5.41 Å². The van der Waals surface area contributed by atoms with Crippen LogP contribution in [-0.2, 0) is 0 Å². The fraction of sp³-hybridized carbons (Fsp3) is 0.353. The first kappa shape index (κ1) is 17.2. The van der Waals surface area contributed by atoms with Gasteiger partial charge in [0.25, 0.3) is 0 Å². The smallest absolute Gasteiger partial charge is 0.183 e. The van der Waals surface area contributed by atoms with Crippen molar-refractivity contribution >= 4 is 34.5 Å². The number of hydrogen-bond acceptors (Lipinski definition) is 7. The number of hydrogen-bond donors (Lipinski definition) is 3. The molecule has 0 spiro atoms. The highest BCUT2D eigenvalue weighted by Gasteiger charge is 2.29. The molecule has 5 N–H and O–H groups in total. The predicted octanol–water partition coefficient (Wildman–Crippen LogP) is 0.00797. The summed E-state index contributed by atoms with van der Waals surface area (Å²) in [6.45, 7) is 3.67. The van der Waals surface area contributed by atoms with Gasteiger partial charge in [0.1, 0.15) is 11.5 Å². The van der Waals surface area contributed by atoms with Gasteiger partial charge in [-0.05, 0) is 12.1 Å². The quantitative estimate of drug-likeness (QED) is 0.610. The number of aromatic nitrogens is 3. The zero-order valence-electron chi connectivity index (χ0n) is 15.4. The van der Waals surface area contributed by atoms with Gasteiger partial charge in [-0.2, -0.15) is 9.61 Å². The molecule has 4 heterocycles. The molecule has 0 bridgehead atoms. The number of nitrogens with one attached hydrogen (secondary N) is 1. The van der Waals surface area contributed by atoms with E-state index in [2.05, 4.69) is 39.1 Å². The second-order valence-corrected chi connectivity index (χ2v) is 7.39. The van der Waals surface area contributed by atoms with Gasteiger partial charge < -0.3 is 20.9 Å². The molecule has 2 aliphatic rings. The average molecular weight is 367 g/mol. The van der Waals surface area contributed by atoms with Gasteiger partial charge >= 0.3 is 0 Å². The maximum atomic E-state index is 8.28. The SMILES string of the molecule is C[N+]1(C)CCN(C2=N/C(=N\c3cnn4c(N)ccnc34)C(N)=CC2=N)CC1. The van der Waals surface area contributed by atoms with Crippen molar-refractivity contribution in [2.75, 3.05) is 46.0 Å². The molecule has 0 aromatic carbocycles. The number of quaternary nitrogens is 1. The Labute approximate surface area is 156 Å². The third-order valence-corrected chi connectivity index (χ3v) is 4.90. The average Bonchev–Trinajstić information content (AvgIpc) is 3.02. The van der Waals surface area contributed by atoms with E-state index in [1.54, 1.807) is 24.5 Å². The number of nitrogen functional groups attached to an aromatic ring is 1. The highest BCUT2D eigenvalue weighted by atomic mass is 15.4. The van der Waals surface area contributed by atoms with Crippen LogP contribution < -0.4 is 11.5 Å². The summed E-state index contributed by atoms with van der Waals surface area (Å²) >= 11 is 0. The molecule has 2 aromatic rings. The minimum Gasteiger partial charge on any atom is -0.396 e. The number of amidine groups is 2. The van der Waals surface area contributed by atoms with Crippen LogP contribution in [-0.4, -0.2) is 81.6 Å². The third kappa shape index (κ3) is 3.14. The number of likely N-dealkylation sites (N-methyl/N-ethyl adjacent to an activating group) is 1. The van der Waals surface area contributed by atoms with Gasteiger partial charge in [-0.3, -0.25) is 5.41 Å². The molecule has 2 aliphatic heterocycles. The number of piperazine rings is 1. The Morgan fingerprint density at radius 2 is 1.96 bits per heavy atom. The van der Waals surface area contributed by atoms with E-state index in [4.69, 9.17) is 16.9 Å². The van der Waals surface area contributed by atoms with Crippen LogP contribution in [0.3, 0.4) is 0 Å². The maximum Gasteiger partial charge on any atom is 0.183 e. The fourth-order valence-electron chi connectivity index (χ4n) is 3.15. The van der Waals surface area contributed by atoms with Crippen molar-refractivity contribution in [1.29, 1.82) is 5.41 Å². The molecule has 10 nitrogen and oxygen atoms in total. The molecule has 2 aromatic heterocycles. The van der Waals surface area contributed by atoms with Gasteiger partial charge in [-0.1, -0.05) is 0 Å². The van der Waals surface area contributed by atoms with Gasteiger partial charge in [-0.15, -0.1) is 0 Å². The molecule has 0 radical (unpaired) electrons. The Morgan fingerprint density at radius 3 is 2.70 bits per heavy atom. The minimum absolute atomic E-state index is 0.306. The van der Waals surface area contributed by atoms with E-state index < -0.39 is 0 Å². The van der Waals surface area contributed by atoms with E-state index >= 15 is 0 Å². The number of nitrogens with two attached hydrogens (primary N) is 2. The highest BCUT2D eigenvalue weighted by molar-refractivity contribution is 6.48. The van der Waals surface area contributed by atoms with Crippen LogP contribution in [0.4, 0.5) is 11.5 Å². The second kappa shape index (κ2) is 6.16. The maximum absolute atomic E-state index is 8.28. The number of rotatable bonds is 1. The number of fused-ring (bicyclic) bond motifs is 1. The molecule has 0 aliphatic carbocycles. The Balaban J connectivity index is 1.69. The Hall–Kier alpha value is -3.27. The topological polar surface area (TPSA) is 134 Å². The lowest BCUT2D eigenvalue weighted by atomic mass is 10.1. The molecule has 0 amide bonds. The summed E-state index contributed by atoms with van der Waals surface area (Å²) in [6, 6.07) is 1.67. The predicted molar refractivity (Wildman–Crippen MR) is 105 cm³/mol. The van der Waals surface area contributed by atoms with Crippen molar-refractivity contribution in [1.82, 2.24) is 19.5 Å². The largest absolute Gasteiger partial charge is 0.396 e. The van der Waals surface area contributed by atoms with Crippen molar-refractivity contribution in [2.24, 2.45) is 15.7 Å². The summed E-state index contributed by atoms with van der Waals surface area (Å²) in [5.74, 6) is 1.43. The molecule has 1 saturated heterocycles. The van der Waals surface area contributed by atoms with Gasteiger partial charge in [-0.25, -0.2) is 15.0 Å². The summed E-state index contributed by atoms with van der Waals surface area (Å²) in [7, 11) is 4.42. The lowest BCUT2D eigenvalue weighted by Crippen LogP contribution is -2.57. The van der Waals surface area contributed by atoms with E-state index in [9.17, 15) is 0 Å². The number of anilines is 1. The first-order valence-corrected chi connectivity index (χ1v) is 8.73. The first-order chi connectivity index (χ1) is 12.8. The Morgan fingerprint density at radius 1 is 1.22 bits per heavy atom. The Kier molecular flexibility index (Phi) is 3.92. The van der Waals surface area contributed by atoms with Crippen molar-refractivity contribution < 1.29 is 4.48 Å². The van der Waals surface area contributed by atoms with Crippen molar-refractivity contribution in [3.05, 3.63) is 30.2 Å². The molecule has 0 saturated carbocycles. The van der Waals surface area contributed by atoms with Crippen LogP contribution in [0.5, 0.6) is 0 Å². The second-order valence-electron chi connectivity index (χ2n) is 7.39. The standard InChI is InChI=1S/C17H23N10/c1-27(2)7-5-25(6-8-27)16-12(19)9-11(18)15(24-16)23-13-10-22-26-14(20)3-4-21-17(13)26/h3-4,9-10,19H,5-8,18,20H2,1-2H3/q+1/b19-12?,23-15-. The minimum atomic E-state index is 0.306. The van der Waals surface area contributed by atoms with Gasteiger partial charge in [0.2, 0.25) is 0 Å². The Bertz CT molecular complexity index is 1000. The van der Waals surface area contributed by atoms with E-state index in [0.29, 0.717) is 40.2 Å². The van der Waals surface area contributed by atoms with E-state index in [-0.39, 0.29) is 0 Å². The summed E-state index contributed by atoms with van der Waals surface area (Å²) in [4.78, 5) is 15.5. The molecule has 10 heteroatoms. The van der Waals surface area contributed by atoms with E-state index in [1.807, 2.05) is 0 Å². The lowest BCUT2D eigenvalue weighted by Gasteiger charge is -2.40. The highest BCUT2D eigenvalue weighted by Crippen LogP contribution is 2.22. The van der Waals surface area contributed by atoms with Crippen molar-refractivity contribution in [3.63, 3.8) is 0 Å². The number of aliphatic imine (C=N–C) groups is 2. The zero-order valence-corrected chi connectivity index (χ0v) is 15.4. The van der Waals surface area contributed by atoms with Gasteiger partial charge in [0.05, 0.1) is 57.9 Å². The number of dihydropyridines is 1. The van der Waals surface area contributed by atoms with Crippen LogP contribution in [0.25, 0.3) is 5.65 Å². The van der Waals surface area contributed by atoms with Crippen LogP contribution in [0.15, 0.2) is 40.2 Å². The molecule has 4 rings (SSSR count). The summed E-state index contributed by atoms with van der Waals surface area (Å²) in [6.07, 6.45) is 4.78. The number of nitrogens with zero attached hydrogens (tertiary/aromatic N) is 7. The fourth-order valence-corrected chi connectivity index (χ4v) is 3.15. The monoisotopic (exact) mass is 367 g/mol. The molecular formula is C17H23N10+. The van der Waals surface area contributed by atoms with Gasteiger partial charge in [0.15, 0.2) is 17.3 Å². The van der Waals surface area contributed by atoms with Gasteiger partial charge in [0, 0.05) is 6.20 Å². The zero-order chi connectivity index (χ0) is 19.2. The molecule has 27 heavy (non-hydrogen) atoms. The summed E-state index contributed by atoms with van der Waals surface area (Å²) in [5, 5.41) is 12.5. The summed E-state index contributed by atoms with van der Waals surface area (Å²) < 4.78 is 2.48. The molecule has 0 atom stereocenters.